The molecular formula is C17H25IN4O. The Labute approximate surface area is 154 Å². The molecule has 0 radical (unpaired) electrons. The topological polar surface area (TPSA) is 70.7 Å². The molecule has 0 bridgehead atoms. The highest BCUT2D eigenvalue weighted by Gasteiger charge is 2.24. The molecule has 0 aromatic heterocycles. The van der Waals surface area contributed by atoms with Crippen LogP contribution in [0.3, 0.4) is 0 Å². The second kappa shape index (κ2) is 8.52. The van der Waals surface area contributed by atoms with Gasteiger partial charge in [-0.2, -0.15) is 0 Å². The van der Waals surface area contributed by atoms with Crippen molar-refractivity contribution in [2.75, 3.05) is 25.0 Å². The molecule has 1 aromatic carbocycles. The number of anilines is 1. The average molecular weight is 428 g/mol. The van der Waals surface area contributed by atoms with Crippen LogP contribution in [0.4, 0.5) is 5.69 Å². The molecule has 3 N–H and O–H groups in total. The number of nitrogens with two attached hydrogens (primary N) is 1. The Balaban J connectivity index is 0.00000192. The van der Waals surface area contributed by atoms with Gasteiger partial charge in [-0.3, -0.25) is 9.79 Å². The van der Waals surface area contributed by atoms with E-state index in [4.69, 9.17) is 5.73 Å². The van der Waals surface area contributed by atoms with Gasteiger partial charge >= 0.3 is 0 Å². The minimum absolute atomic E-state index is 0. The average Bonchev–Trinajstić information content (AvgIpc) is 2.81. The number of benzene rings is 1. The van der Waals surface area contributed by atoms with Crippen molar-refractivity contribution in [2.24, 2.45) is 10.7 Å². The molecular weight excluding hydrogens is 403 g/mol. The molecule has 6 heteroatoms. The number of nitrogens with zero attached hydrogens (tertiary/aromatic N) is 2. The zero-order valence-corrected chi connectivity index (χ0v) is 15.7. The predicted octanol–water partition coefficient (Wildman–Crippen LogP) is 2.92. The number of hydrogen-bond acceptors (Lipinski definition) is 2. The van der Waals surface area contributed by atoms with Gasteiger partial charge in [0.25, 0.3) is 0 Å². The summed E-state index contributed by atoms with van der Waals surface area (Å²) >= 11 is 0. The standard InChI is InChI=1S/C17H24N4O.HI/c18-17(21-9-5-1-2-6-10-21)19-12-13-11-16(22)20-15-8-4-3-7-14(13)15;/h3-4,7-8,13H,1-2,5-6,9-12H2,(H2,18,19)(H,20,22);1H. The Morgan fingerprint density at radius 2 is 1.91 bits per heavy atom. The van der Waals surface area contributed by atoms with Crippen molar-refractivity contribution in [2.45, 2.75) is 38.0 Å². The smallest absolute Gasteiger partial charge is 0.225 e. The van der Waals surface area contributed by atoms with Crippen LogP contribution < -0.4 is 11.1 Å². The second-order valence-electron chi connectivity index (χ2n) is 6.14. The lowest BCUT2D eigenvalue weighted by atomic mass is 9.91. The van der Waals surface area contributed by atoms with E-state index in [-0.39, 0.29) is 35.8 Å². The van der Waals surface area contributed by atoms with Crippen LogP contribution in [-0.2, 0) is 4.79 Å². The summed E-state index contributed by atoms with van der Waals surface area (Å²) in [7, 11) is 0. The highest BCUT2D eigenvalue weighted by atomic mass is 127. The van der Waals surface area contributed by atoms with E-state index in [1.54, 1.807) is 0 Å². The first-order chi connectivity index (χ1) is 10.7. The molecule has 1 saturated heterocycles. The molecule has 3 rings (SSSR count). The van der Waals surface area contributed by atoms with Gasteiger partial charge in [-0.25, -0.2) is 0 Å². The van der Waals surface area contributed by atoms with Crippen LogP contribution in [-0.4, -0.2) is 36.4 Å². The molecule has 2 aliphatic heterocycles. The molecule has 0 aliphatic carbocycles. The molecule has 126 valence electrons. The lowest BCUT2D eigenvalue weighted by Gasteiger charge is -2.25. The van der Waals surface area contributed by atoms with Crippen LogP contribution in [0.5, 0.6) is 0 Å². The number of rotatable bonds is 2. The van der Waals surface area contributed by atoms with Crippen molar-refractivity contribution in [3.8, 4) is 0 Å². The number of para-hydroxylation sites is 1. The zero-order chi connectivity index (χ0) is 15.4. The van der Waals surface area contributed by atoms with Crippen LogP contribution in [0, 0.1) is 0 Å². The zero-order valence-electron chi connectivity index (χ0n) is 13.3. The Bertz CT molecular complexity index is 567. The predicted molar refractivity (Wildman–Crippen MR) is 104 cm³/mol. The monoisotopic (exact) mass is 428 g/mol. The van der Waals surface area contributed by atoms with Gasteiger partial charge in [0, 0.05) is 31.1 Å². The Kier molecular flexibility index (Phi) is 6.68. The molecule has 1 unspecified atom stereocenters. The molecule has 1 amide bonds. The Morgan fingerprint density at radius 1 is 1.22 bits per heavy atom. The molecule has 1 atom stereocenters. The molecule has 1 aromatic rings. The van der Waals surface area contributed by atoms with Crippen molar-refractivity contribution in [1.82, 2.24) is 4.90 Å². The maximum Gasteiger partial charge on any atom is 0.225 e. The van der Waals surface area contributed by atoms with Gasteiger partial charge in [0.15, 0.2) is 5.96 Å². The van der Waals surface area contributed by atoms with Gasteiger partial charge in [-0.1, -0.05) is 31.0 Å². The lowest BCUT2D eigenvalue weighted by molar-refractivity contribution is -0.116. The number of nitrogens with one attached hydrogen (secondary N) is 1. The number of aliphatic imine (C=N–C) groups is 1. The molecule has 2 heterocycles. The SMILES string of the molecule is I.NC(=NCC1CC(=O)Nc2ccccc21)N1CCCCCC1. The number of hydrogen-bond donors (Lipinski definition) is 2. The quantitative estimate of drug-likeness (QED) is 0.433. The fraction of sp³-hybridized carbons (Fsp3) is 0.529. The van der Waals surface area contributed by atoms with Crippen LogP contribution >= 0.6 is 24.0 Å². The molecule has 5 nitrogen and oxygen atoms in total. The third-order valence-electron chi connectivity index (χ3n) is 4.51. The van der Waals surface area contributed by atoms with Crippen LogP contribution in [0.1, 0.15) is 43.6 Å². The van der Waals surface area contributed by atoms with E-state index in [9.17, 15) is 4.79 Å². The maximum atomic E-state index is 11.8. The molecule has 0 spiro atoms. The summed E-state index contributed by atoms with van der Waals surface area (Å²) in [5.41, 5.74) is 8.24. The molecule has 1 fully saturated rings. The number of fused-ring (bicyclic) bond motifs is 1. The van der Waals surface area contributed by atoms with Crippen molar-refractivity contribution < 1.29 is 4.79 Å². The van der Waals surface area contributed by atoms with Crippen LogP contribution in [0.25, 0.3) is 0 Å². The Morgan fingerprint density at radius 3 is 2.65 bits per heavy atom. The second-order valence-corrected chi connectivity index (χ2v) is 6.14. The van der Waals surface area contributed by atoms with Gasteiger partial charge in [0.1, 0.15) is 0 Å². The molecule has 0 saturated carbocycles. The number of likely N-dealkylation sites (tertiary alicyclic amines) is 1. The van der Waals surface area contributed by atoms with E-state index in [0.717, 1.165) is 24.3 Å². The number of amides is 1. The third kappa shape index (κ3) is 4.59. The first-order valence-electron chi connectivity index (χ1n) is 8.17. The van der Waals surface area contributed by atoms with E-state index in [2.05, 4.69) is 21.3 Å². The number of halogens is 1. The highest BCUT2D eigenvalue weighted by molar-refractivity contribution is 14.0. The van der Waals surface area contributed by atoms with E-state index in [0.29, 0.717) is 18.9 Å². The fourth-order valence-electron chi connectivity index (χ4n) is 3.27. The van der Waals surface area contributed by atoms with Crippen molar-refractivity contribution >= 4 is 41.5 Å². The first-order valence-corrected chi connectivity index (χ1v) is 8.17. The highest BCUT2D eigenvalue weighted by Crippen LogP contribution is 2.32. The minimum Gasteiger partial charge on any atom is -0.370 e. The summed E-state index contributed by atoms with van der Waals surface area (Å²) in [5, 5.41) is 2.92. The molecule has 2 aliphatic rings. The van der Waals surface area contributed by atoms with Gasteiger partial charge in [-0.15, -0.1) is 24.0 Å². The number of carbonyl (C=O) groups excluding carboxylic acids is 1. The van der Waals surface area contributed by atoms with E-state index >= 15 is 0 Å². The van der Waals surface area contributed by atoms with Crippen molar-refractivity contribution in [3.63, 3.8) is 0 Å². The largest absolute Gasteiger partial charge is 0.370 e. The molecule has 23 heavy (non-hydrogen) atoms. The van der Waals surface area contributed by atoms with E-state index in [1.165, 1.54) is 25.7 Å². The van der Waals surface area contributed by atoms with Crippen molar-refractivity contribution in [3.05, 3.63) is 29.8 Å². The normalized spacial score (nSPS) is 21.7. The summed E-state index contributed by atoms with van der Waals surface area (Å²) in [5.74, 6) is 0.813. The first kappa shape index (κ1) is 18.0. The van der Waals surface area contributed by atoms with Crippen LogP contribution in [0.15, 0.2) is 29.3 Å². The van der Waals surface area contributed by atoms with E-state index < -0.39 is 0 Å². The summed E-state index contributed by atoms with van der Waals surface area (Å²) in [6.45, 7) is 2.57. The fourth-order valence-corrected chi connectivity index (χ4v) is 3.27. The van der Waals surface area contributed by atoms with Gasteiger partial charge in [0.2, 0.25) is 5.91 Å². The van der Waals surface area contributed by atoms with Gasteiger partial charge in [-0.05, 0) is 24.5 Å². The summed E-state index contributed by atoms with van der Waals surface area (Å²) in [6, 6.07) is 7.96. The number of guanidine groups is 1. The summed E-state index contributed by atoms with van der Waals surface area (Å²) < 4.78 is 0. The Hall–Kier alpha value is -1.31. The van der Waals surface area contributed by atoms with Crippen molar-refractivity contribution in [1.29, 1.82) is 0 Å². The third-order valence-corrected chi connectivity index (χ3v) is 4.51. The minimum atomic E-state index is 0. The summed E-state index contributed by atoms with van der Waals surface area (Å²) in [6.07, 6.45) is 5.41. The summed E-state index contributed by atoms with van der Waals surface area (Å²) in [4.78, 5) is 18.6. The number of carbonyl (C=O) groups is 1. The van der Waals surface area contributed by atoms with E-state index in [1.807, 2.05) is 18.2 Å². The maximum absolute atomic E-state index is 11.8. The van der Waals surface area contributed by atoms with Gasteiger partial charge in [0.05, 0.1) is 6.54 Å². The van der Waals surface area contributed by atoms with Crippen LogP contribution in [0.2, 0.25) is 0 Å². The lowest BCUT2D eigenvalue weighted by Crippen LogP contribution is -2.38. The van der Waals surface area contributed by atoms with Gasteiger partial charge < -0.3 is 16.0 Å².